The van der Waals surface area contributed by atoms with Gasteiger partial charge in [-0.2, -0.15) is 10.2 Å². The maximum absolute atomic E-state index is 4.89. The Balaban J connectivity index is 1.14. The van der Waals surface area contributed by atoms with Crippen molar-refractivity contribution in [3.05, 3.63) is 71.3 Å². The average molecular weight is 563 g/mol. The lowest BCUT2D eigenvalue weighted by molar-refractivity contribution is 0.402. The third-order valence-electron chi connectivity index (χ3n) is 10.1. The summed E-state index contributed by atoms with van der Waals surface area (Å²) in [4.78, 5) is 5.22. The Kier molecular flexibility index (Phi) is 7.11. The zero-order valence-electron chi connectivity index (χ0n) is 26.1. The smallest absolute Gasteiger partial charge is 0.0568 e. The molecule has 2 aromatic carbocycles. The van der Waals surface area contributed by atoms with Crippen molar-refractivity contribution in [2.75, 3.05) is 29.4 Å². The third kappa shape index (κ3) is 5.03. The standard InChI is InChI=1S/C36H46N6/c1-6-25(4)42-12-8-9-28-15-32(24(3)13-36(28)42)31-19-38-41(23-31)21-26-14-29-16-33(30-18-37-39(5)22-30)34(27-10-11-27)17-35(29)40(7-2)20-26/h13,15-19,22-23,25-27H,6-12,14,20-21H2,1-5H3. The van der Waals surface area contributed by atoms with Gasteiger partial charge in [-0.15, -0.1) is 0 Å². The summed E-state index contributed by atoms with van der Waals surface area (Å²) in [6, 6.07) is 10.5. The molecule has 0 spiro atoms. The predicted octanol–water partition coefficient (Wildman–Crippen LogP) is 7.39. The number of hydrogen-bond donors (Lipinski definition) is 0. The van der Waals surface area contributed by atoms with E-state index in [2.05, 4.69) is 90.1 Å². The molecule has 3 aliphatic rings. The molecule has 4 aromatic rings. The summed E-state index contributed by atoms with van der Waals surface area (Å²) in [5.74, 6) is 1.22. The van der Waals surface area contributed by atoms with Gasteiger partial charge in [-0.25, -0.2) is 0 Å². The van der Waals surface area contributed by atoms with Crippen molar-refractivity contribution in [3.8, 4) is 22.3 Å². The Hall–Kier alpha value is -3.54. The average Bonchev–Trinajstić information content (AvgIpc) is 3.59. The van der Waals surface area contributed by atoms with Gasteiger partial charge in [-0.3, -0.25) is 9.36 Å². The Morgan fingerprint density at radius 3 is 2.45 bits per heavy atom. The topological polar surface area (TPSA) is 42.1 Å². The largest absolute Gasteiger partial charge is 0.371 e. The number of anilines is 2. The molecule has 6 heteroatoms. The van der Waals surface area contributed by atoms with E-state index in [1.165, 1.54) is 94.5 Å². The molecule has 2 aliphatic heterocycles. The van der Waals surface area contributed by atoms with Crippen molar-refractivity contribution >= 4 is 11.4 Å². The van der Waals surface area contributed by atoms with Gasteiger partial charge in [0.25, 0.3) is 0 Å². The van der Waals surface area contributed by atoms with E-state index in [0.29, 0.717) is 17.9 Å². The minimum Gasteiger partial charge on any atom is -0.371 e. The third-order valence-corrected chi connectivity index (χ3v) is 10.1. The molecule has 2 unspecified atom stereocenters. The molecule has 0 amide bonds. The van der Waals surface area contributed by atoms with Gasteiger partial charge in [0.05, 0.1) is 12.4 Å². The van der Waals surface area contributed by atoms with Gasteiger partial charge in [-0.1, -0.05) is 6.92 Å². The summed E-state index contributed by atoms with van der Waals surface area (Å²) in [7, 11) is 2.01. The fourth-order valence-electron chi connectivity index (χ4n) is 7.48. The van der Waals surface area contributed by atoms with Gasteiger partial charge in [0.2, 0.25) is 0 Å². The van der Waals surface area contributed by atoms with Gasteiger partial charge in [0.15, 0.2) is 0 Å². The predicted molar refractivity (Wildman–Crippen MR) is 174 cm³/mol. The summed E-state index contributed by atoms with van der Waals surface area (Å²) in [5, 5.41) is 9.39. The first kappa shape index (κ1) is 27.3. The first-order valence-corrected chi connectivity index (χ1v) is 16.3. The maximum Gasteiger partial charge on any atom is 0.0568 e. The minimum atomic E-state index is 0.521. The van der Waals surface area contributed by atoms with E-state index in [1.807, 2.05) is 17.9 Å². The van der Waals surface area contributed by atoms with Gasteiger partial charge in [-0.05, 0) is 123 Å². The zero-order chi connectivity index (χ0) is 29.0. The number of aromatic nitrogens is 4. The van der Waals surface area contributed by atoms with Crippen molar-refractivity contribution in [2.24, 2.45) is 13.0 Å². The minimum absolute atomic E-state index is 0.521. The van der Waals surface area contributed by atoms with Crippen LogP contribution in [0.5, 0.6) is 0 Å². The fraction of sp³-hybridized carbons (Fsp3) is 0.500. The van der Waals surface area contributed by atoms with Crippen molar-refractivity contribution in [3.63, 3.8) is 0 Å². The van der Waals surface area contributed by atoms with Crippen LogP contribution in [0, 0.1) is 12.8 Å². The second-order valence-corrected chi connectivity index (χ2v) is 13.2. The van der Waals surface area contributed by atoms with E-state index in [9.17, 15) is 0 Å². The van der Waals surface area contributed by atoms with Crippen LogP contribution in [0.25, 0.3) is 22.3 Å². The van der Waals surface area contributed by atoms with Gasteiger partial charge < -0.3 is 9.80 Å². The highest BCUT2D eigenvalue weighted by Crippen LogP contribution is 2.47. The van der Waals surface area contributed by atoms with Crippen molar-refractivity contribution < 1.29 is 0 Å². The molecule has 0 saturated heterocycles. The molecule has 1 fully saturated rings. The summed E-state index contributed by atoms with van der Waals surface area (Å²) < 4.78 is 4.12. The van der Waals surface area contributed by atoms with Crippen LogP contribution in [0.3, 0.4) is 0 Å². The highest BCUT2D eigenvalue weighted by atomic mass is 15.3. The van der Waals surface area contributed by atoms with E-state index in [1.54, 1.807) is 0 Å². The van der Waals surface area contributed by atoms with Crippen LogP contribution in [0.2, 0.25) is 0 Å². The SMILES string of the molecule is CCC(C)N1CCCc2cc(-c3cnn(CC4Cc5cc(-c6cnn(C)c6)c(C6CC6)cc5N(CC)C4)c3)c(C)cc21. The van der Waals surface area contributed by atoms with E-state index in [4.69, 9.17) is 5.10 Å². The molecule has 7 rings (SSSR count). The Labute approximate surface area is 251 Å². The molecule has 6 nitrogen and oxygen atoms in total. The monoisotopic (exact) mass is 562 g/mol. The van der Waals surface area contributed by atoms with Crippen LogP contribution in [0.15, 0.2) is 49.1 Å². The molecular formula is C36H46N6. The number of aryl methyl sites for hydroxylation is 3. The van der Waals surface area contributed by atoms with Gasteiger partial charge >= 0.3 is 0 Å². The first-order valence-electron chi connectivity index (χ1n) is 16.3. The van der Waals surface area contributed by atoms with Crippen LogP contribution in [0.4, 0.5) is 11.4 Å². The molecule has 0 bridgehead atoms. The molecule has 220 valence electrons. The number of benzene rings is 2. The van der Waals surface area contributed by atoms with Gasteiger partial charge in [0, 0.05) is 80.1 Å². The van der Waals surface area contributed by atoms with E-state index < -0.39 is 0 Å². The number of hydrogen-bond acceptors (Lipinski definition) is 4. The Bertz CT molecular complexity index is 1590. The molecule has 0 N–H and O–H groups in total. The van der Waals surface area contributed by atoms with Crippen molar-refractivity contribution in [2.45, 2.75) is 84.7 Å². The Morgan fingerprint density at radius 2 is 1.71 bits per heavy atom. The molecular weight excluding hydrogens is 516 g/mol. The lowest BCUT2D eigenvalue weighted by Gasteiger charge is -2.36. The van der Waals surface area contributed by atoms with E-state index in [-0.39, 0.29) is 0 Å². The molecule has 1 saturated carbocycles. The van der Waals surface area contributed by atoms with Crippen LogP contribution in [-0.4, -0.2) is 45.2 Å². The lowest BCUT2D eigenvalue weighted by Crippen LogP contribution is -2.37. The maximum atomic E-state index is 4.89. The number of nitrogens with zero attached hydrogens (tertiary/aromatic N) is 6. The molecule has 4 heterocycles. The zero-order valence-corrected chi connectivity index (χ0v) is 26.1. The second kappa shape index (κ2) is 10.9. The Morgan fingerprint density at radius 1 is 0.929 bits per heavy atom. The second-order valence-electron chi connectivity index (χ2n) is 13.2. The summed E-state index contributed by atoms with van der Waals surface area (Å²) in [5.41, 5.74) is 13.9. The summed E-state index contributed by atoms with van der Waals surface area (Å²) in [6.45, 7) is 13.4. The highest BCUT2D eigenvalue weighted by Gasteiger charge is 2.31. The quantitative estimate of drug-likeness (QED) is 0.225. The summed E-state index contributed by atoms with van der Waals surface area (Å²) >= 11 is 0. The van der Waals surface area contributed by atoms with E-state index in [0.717, 1.165) is 26.1 Å². The molecule has 1 aliphatic carbocycles. The van der Waals surface area contributed by atoms with Crippen LogP contribution < -0.4 is 9.80 Å². The van der Waals surface area contributed by atoms with Gasteiger partial charge in [0.1, 0.15) is 0 Å². The molecule has 2 aromatic heterocycles. The number of rotatable bonds is 8. The highest BCUT2D eigenvalue weighted by molar-refractivity contribution is 5.75. The molecule has 0 radical (unpaired) electrons. The van der Waals surface area contributed by atoms with Crippen molar-refractivity contribution in [1.82, 2.24) is 19.6 Å². The molecule has 2 atom stereocenters. The van der Waals surface area contributed by atoms with Crippen LogP contribution in [0.1, 0.15) is 74.6 Å². The molecule has 42 heavy (non-hydrogen) atoms. The van der Waals surface area contributed by atoms with Crippen LogP contribution in [-0.2, 0) is 26.4 Å². The first-order chi connectivity index (χ1) is 20.4. The van der Waals surface area contributed by atoms with E-state index >= 15 is 0 Å². The van der Waals surface area contributed by atoms with Crippen molar-refractivity contribution in [1.29, 1.82) is 0 Å². The lowest BCUT2D eigenvalue weighted by atomic mass is 9.87. The fourth-order valence-corrected chi connectivity index (χ4v) is 7.48. The number of fused-ring (bicyclic) bond motifs is 2. The van der Waals surface area contributed by atoms with Crippen LogP contribution >= 0.6 is 0 Å². The normalized spacial score (nSPS) is 19.1. The summed E-state index contributed by atoms with van der Waals surface area (Å²) in [6.07, 6.45) is 15.9.